The summed E-state index contributed by atoms with van der Waals surface area (Å²) in [6.07, 6.45) is 1.18. The van der Waals surface area contributed by atoms with E-state index >= 15 is 0 Å². The molecule has 0 amide bonds. The zero-order valence-electron chi connectivity index (χ0n) is 21.5. The summed E-state index contributed by atoms with van der Waals surface area (Å²) in [5.74, 6) is 0. The van der Waals surface area contributed by atoms with Crippen LogP contribution in [0.25, 0.3) is 0 Å². The number of fused-ring (bicyclic) bond motifs is 1. The average Bonchev–Trinajstić information content (AvgIpc) is 3.07. The number of rotatable bonds is 5. The molecule has 0 saturated carbocycles. The van der Waals surface area contributed by atoms with E-state index in [1.807, 2.05) is 0 Å². The molecule has 0 spiro atoms. The van der Waals surface area contributed by atoms with Crippen LogP contribution in [0.4, 0.5) is 0 Å². The van der Waals surface area contributed by atoms with E-state index in [2.05, 4.69) is 159 Å². The Kier molecular flexibility index (Phi) is 5.90. The van der Waals surface area contributed by atoms with Crippen LogP contribution in [-0.4, -0.2) is 0 Å². The van der Waals surface area contributed by atoms with E-state index in [1.165, 1.54) is 39.0 Å². The van der Waals surface area contributed by atoms with Crippen LogP contribution in [0.15, 0.2) is 109 Å². The summed E-state index contributed by atoms with van der Waals surface area (Å²) in [6, 6.07) is 40.8. The topological polar surface area (TPSA) is 0 Å². The van der Waals surface area contributed by atoms with Gasteiger partial charge in [0.1, 0.15) is 0 Å². The molecular weight excluding hydrogens is 507 g/mol. The van der Waals surface area contributed by atoms with Crippen molar-refractivity contribution in [2.75, 3.05) is 0 Å². The van der Waals surface area contributed by atoms with E-state index in [9.17, 15) is 0 Å². The molecule has 35 heavy (non-hydrogen) atoms. The van der Waals surface area contributed by atoms with Crippen molar-refractivity contribution in [1.82, 2.24) is 0 Å². The molecule has 0 heterocycles. The van der Waals surface area contributed by atoms with Crippen molar-refractivity contribution in [2.24, 2.45) is 0 Å². The second kappa shape index (κ2) is 8.43. The van der Waals surface area contributed by atoms with Gasteiger partial charge in [-0.05, 0) is 0 Å². The summed E-state index contributed by atoms with van der Waals surface area (Å²) in [4.78, 5) is 0. The molecule has 0 radical (unpaired) electrons. The van der Waals surface area contributed by atoms with Crippen LogP contribution >= 0.6 is 20.8 Å². The molecule has 1 unspecified atom stereocenters. The second-order valence-corrected chi connectivity index (χ2v) is 20.4. The predicted octanol–water partition coefficient (Wildman–Crippen LogP) is 8.55. The molecule has 0 fully saturated rings. The molecule has 0 aliphatic heterocycles. The van der Waals surface area contributed by atoms with Gasteiger partial charge < -0.3 is 0 Å². The molecule has 1 aliphatic carbocycles. The van der Waals surface area contributed by atoms with Crippen molar-refractivity contribution >= 4 is 36.7 Å². The van der Waals surface area contributed by atoms with Gasteiger partial charge in [-0.25, -0.2) is 0 Å². The normalized spacial score (nSPS) is 18.3. The average molecular weight is 544 g/mol. The van der Waals surface area contributed by atoms with Gasteiger partial charge in [-0.3, -0.25) is 0 Å². The maximum atomic E-state index is 4.68. The van der Waals surface area contributed by atoms with Gasteiger partial charge in [-0.15, -0.1) is 0 Å². The third-order valence-electron chi connectivity index (χ3n) is 8.38. The molecule has 0 nitrogen and oxygen atoms in total. The molecule has 0 bridgehead atoms. The van der Waals surface area contributed by atoms with Crippen LogP contribution in [0, 0.1) is 0 Å². The van der Waals surface area contributed by atoms with Gasteiger partial charge in [0.15, 0.2) is 0 Å². The minimum atomic E-state index is -3.10. The standard InChI is InChI=1S/C33H36BrP/c1-25(26-21-22-30-31(23-26)33(4,5)24-32(30,2)3)35(34,27-15-9-6-10-16-27,28-17-11-7-12-18-28)29-19-13-8-14-20-29/h6-23,25H,24H2,1-5H3. The fourth-order valence-electron chi connectivity index (χ4n) is 6.82. The SMILES string of the molecule is CC(c1ccc2c(c1)C(C)(C)CC2(C)C)P(Br)(c1ccccc1)(c1ccccc1)c1ccccc1. The van der Waals surface area contributed by atoms with Crippen LogP contribution in [-0.2, 0) is 10.8 Å². The number of hydrogen-bond acceptors (Lipinski definition) is 0. The summed E-state index contributed by atoms with van der Waals surface area (Å²) >= 11 is 4.68. The summed E-state index contributed by atoms with van der Waals surface area (Å²) < 4.78 is 0. The van der Waals surface area contributed by atoms with Crippen molar-refractivity contribution in [3.63, 3.8) is 0 Å². The van der Waals surface area contributed by atoms with Gasteiger partial charge in [0.2, 0.25) is 0 Å². The molecule has 1 aliphatic rings. The van der Waals surface area contributed by atoms with Crippen LogP contribution in [0.5, 0.6) is 0 Å². The van der Waals surface area contributed by atoms with Crippen LogP contribution in [0.2, 0.25) is 0 Å². The van der Waals surface area contributed by atoms with Gasteiger partial charge in [0, 0.05) is 0 Å². The summed E-state index contributed by atoms with van der Waals surface area (Å²) in [5.41, 5.74) is 5.03. The quantitative estimate of drug-likeness (QED) is 0.221. The molecule has 0 aromatic heterocycles. The van der Waals surface area contributed by atoms with Crippen molar-refractivity contribution in [2.45, 2.75) is 57.5 Å². The molecular formula is C33H36BrP. The van der Waals surface area contributed by atoms with Crippen molar-refractivity contribution in [3.05, 3.63) is 126 Å². The zero-order valence-corrected chi connectivity index (χ0v) is 24.0. The van der Waals surface area contributed by atoms with E-state index < -0.39 is 5.31 Å². The first kappa shape index (κ1) is 24.5. The van der Waals surface area contributed by atoms with Crippen LogP contribution < -0.4 is 15.9 Å². The molecule has 4 aromatic carbocycles. The van der Waals surface area contributed by atoms with Crippen LogP contribution in [0.3, 0.4) is 0 Å². The first-order valence-corrected chi connectivity index (χ1v) is 17.0. The number of halogens is 1. The first-order valence-electron chi connectivity index (χ1n) is 12.6. The molecule has 4 aromatic rings. The third kappa shape index (κ3) is 3.58. The maximum absolute atomic E-state index is 4.68. The first-order chi connectivity index (χ1) is 16.6. The van der Waals surface area contributed by atoms with E-state index in [-0.39, 0.29) is 16.5 Å². The van der Waals surface area contributed by atoms with Crippen molar-refractivity contribution < 1.29 is 0 Å². The van der Waals surface area contributed by atoms with E-state index in [0.717, 1.165) is 0 Å². The van der Waals surface area contributed by atoms with Gasteiger partial charge in [0.25, 0.3) is 0 Å². The Hall–Kier alpha value is -2.21. The Morgan fingerprint density at radius 2 is 1.00 bits per heavy atom. The van der Waals surface area contributed by atoms with Gasteiger partial charge in [-0.2, -0.15) is 0 Å². The van der Waals surface area contributed by atoms with E-state index in [1.54, 1.807) is 0 Å². The van der Waals surface area contributed by atoms with Crippen molar-refractivity contribution in [3.8, 4) is 0 Å². The predicted molar refractivity (Wildman–Crippen MR) is 160 cm³/mol. The monoisotopic (exact) mass is 542 g/mol. The molecule has 5 rings (SSSR count). The molecule has 0 N–H and O–H groups in total. The van der Waals surface area contributed by atoms with Crippen LogP contribution in [0.1, 0.15) is 63.4 Å². The van der Waals surface area contributed by atoms with Gasteiger partial charge in [0.05, 0.1) is 0 Å². The Balaban J connectivity index is 1.85. The number of hydrogen-bond donors (Lipinski definition) is 0. The molecule has 2 heteroatoms. The summed E-state index contributed by atoms with van der Waals surface area (Å²) in [5, 5.41) is 0.996. The van der Waals surface area contributed by atoms with Crippen molar-refractivity contribution in [1.29, 1.82) is 0 Å². The minimum absolute atomic E-state index is 0.170. The van der Waals surface area contributed by atoms with E-state index in [0.29, 0.717) is 0 Å². The fourth-order valence-corrected chi connectivity index (χ4v) is 14.9. The summed E-state index contributed by atoms with van der Waals surface area (Å²) in [6.45, 7) is 12.1. The van der Waals surface area contributed by atoms with Gasteiger partial charge in [-0.1, -0.05) is 0 Å². The third-order valence-corrected chi connectivity index (χ3v) is 19.6. The fraction of sp³-hybridized carbons (Fsp3) is 0.273. The zero-order chi connectivity index (χ0) is 24.9. The molecule has 1 atom stereocenters. The summed E-state index contributed by atoms with van der Waals surface area (Å²) in [7, 11) is 0. The van der Waals surface area contributed by atoms with Gasteiger partial charge >= 0.3 is 220 Å². The second-order valence-electron chi connectivity index (χ2n) is 11.5. The number of benzene rings is 4. The Morgan fingerprint density at radius 3 is 1.43 bits per heavy atom. The van der Waals surface area contributed by atoms with E-state index in [4.69, 9.17) is 0 Å². The molecule has 180 valence electrons. The Labute approximate surface area is 219 Å². The Bertz CT molecular complexity index is 1240. The molecule has 0 saturated heterocycles. The Morgan fingerprint density at radius 1 is 0.600 bits per heavy atom.